The van der Waals surface area contributed by atoms with Crippen LogP contribution in [0, 0.1) is 0 Å². The Morgan fingerprint density at radius 3 is 2.65 bits per heavy atom. The number of halogens is 3. The van der Waals surface area contributed by atoms with Crippen molar-refractivity contribution in [2.24, 2.45) is 0 Å². The van der Waals surface area contributed by atoms with E-state index in [-0.39, 0.29) is 43.6 Å². The Morgan fingerprint density at radius 1 is 1.24 bits per heavy atom. The number of Topliss-reactive ketones (excluding diaryl/α,β-unsaturated/α-hetero) is 1. The number of fused-ring (bicyclic) bond motifs is 1. The molecule has 0 saturated carbocycles. The maximum absolute atomic E-state index is 13.3. The third kappa shape index (κ3) is 4.51. The lowest BCUT2D eigenvalue weighted by molar-refractivity contribution is -0.137. The number of aliphatic hydroxyl groups is 1. The number of nitrogens with one attached hydrogen (secondary N) is 1. The molecule has 0 unspecified atom stereocenters. The average Bonchev–Trinajstić information content (AvgIpc) is 3.24. The van der Waals surface area contributed by atoms with Crippen molar-refractivity contribution in [3.05, 3.63) is 71.2 Å². The molecule has 2 N–H and O–H groups in total. The molecule has 1 amide bonds. The van der Waals surface area contributed by atoms with Gasteiger partial charge in [0, 0.05) is 37.0 Å². The Hall–Kier alpha value is -3.73. The zero-order chi connectivity index (χ0) is 24.5. The Kier molecular flexibility index (Phi) is 6.38. The molecule has 1 aliphatic rings. The van der Waals surface area contributed by atoms with Crippen LogP contribution in [0.4, 0.5) is 24.7 Å². The van der Waals surface area contributed by atoms with Crippen LogP contribution in [0.3, 0.4) is 0 Å². The van der Waals surface area contributed by atoms with Crippen LogP contribution in [-0.4, -0.2) is 51.3 Å². The first-order valence-electron chi connectivity index (χ1n) is 10.6. The molecule has 0 fully saturated rings. The van der Waals surface area contributed by atoms with Gasteiger partial charge in [0.15, 0.2) is 5.78 Å². The number of aromatic nitrogens is 3. The molecule has 4 rings (SSSR count). The Bertz CT molecular complexity index is 1210. The number of amides is 1. The van der Waals surface area contributed by atoms with Crippen molar-refractivity contribution in [2.75, 3.05) is 29.9 Å². The molecule has 0 spiro atoms. The standard InChI is InChI=1S/C23H22F3N5O3/c1-14-13-30(17-6-4-16(5-7-17)23(24,25)26)22(34)20-15(12-29-31(14)20)11-19(33)18-3-2-8-27-21(18)28-9-10-32/h2-8,12,14,32H,9-11,13H2,1H3,(H,27,28)/t14-/m0/s1. The first kappa shape index (κ1) is 23.4. The molecule has 34 heavy (non-hydrogen) atoms. The van der Waals surface area contributed by atoms with Crippen molar-refractivity contribution in [2.45, 2.75) is 25.6 Å². The van der Waals surface area contributed by atoms with Crippen LogP contribution in [-0.2, 0) is 12.6 Å². The number of rotatable bonds is 7. The van der Waals surface area contributed by atoms with Gasteiger partial charge in [0.25, 0.3) is 5.91 Å². The Morgan fingerprint density at radius 2 is 1.97 bits per heavy atom. The number of hydrogen-bond acceptors (Lipinski definition) is 6. The lowest BCUT2D eigenvalue weighted by Crippen LogP contribution is -2.43. The summed E-state index contributed by atoms with van der Waals surface area (Å²) >= 11 is 0. The highest BCUT2D eigenvalue weighted by molar-refractivity contribution is 6.08. The molecule has 3 aromatic rings. The molecule has 0 bridgehead atoms. The molecular formula is C23H22F3N5O3. The minimum atomic E-state index is -4.47. The van der Waals surface area contributed by atoms with Gasteiger partial charge in [-0.2, -0.15) is 18.3 Å². The molecule has 1 aliphatic heterocycles. The van der Waals surface area contributed by atoms with E-state index in [4.69, 9.17) is 5.11 Å². The number of aliphatic hydroxyl groups excluding tert-OH is 1. The van der Waals surface area contributed by atoms with Crippen LogP contribution in [0.5, 0.6) is 0 Å². The molecule has 3 heterocycles. The molecule has 8 nitrogen and oxygen atoms in total. The zero-order valence-electron chi connectivity index (χ0n) is 18.2. The van der Waals surface area contributed by atoms with Crippen molar-refractivity contribution < 1.29 is 27.9 Å². The number of hydrogen-bond donors (Lipinski definition) is 2. The molecule has 0 saturated heterocycles. The van der Waals surface area contributed by atoms with Crippen LogP contribution in [0.25, 0.3) is 0 Å². The van der Waals surface area contributed by atoms with Gasteiger partial charge in [0.05, 0.1) is 30.0 Å². The number of ketones is 1. The number of anilines is 2. The van der Waals surface area contributed by atoms with E-state index < -0.39 is 17.6 Å². The fourth-order valence-electron chi connectivity index (χ4n) is 3.92. The summed E-state index contributed by atoms with van der Waals surface area (Å²) in [7, 11) is 0. The number of carbonyl (C=O) groups is 2. The van der Waals surface area contributed by atoms with Crippen molar-refractivity contribution in [3.63, 3.8) is 0 Å². The number of pyridine rings is 1. The predicted octanol–water partition coefficient (Wildman–Crippen LogP) is 3.35. The summed E-state index contributed by atoms with van der Waals surface area (Å²) < 4.78 is 40.3. The maximum Gasteiger partial charge on any atom is 0.416 e. The first-order chi connectivity index (χ1) is 16.2. The van der Waals surface area contributed by atoms with Gasteiger partial charge in [-0.05, 0) is 43.3 Å². The lowest BCUT2D eigenvalue weighted by Gasteiger charge is -2.32. The second-order valence-corrected chi connectivity index (χ2v) is 7.92. The summed E-state index contributed by atoms with van der Waals surface area (Å²) in [5.74, 6) is -0.409. The number of benzene rings is 1. The topological polar surface area (TPSA) is 100 Å². The summed E-state index contributed by atoms with van der Waals surface area (Å²) in [6.45, 7) is 2.15. The molecular weight excluding hydrogens is 451 g/mol. The Labute approximate surface area is 193 Å². The van der Waals surface area contributed by atoms with Gasteiger partial charge < -0.3 is 15.3 Å². The smallest absolute Gasteiger partial charge is 0.395 e. The lowest BCUT2D eigenvalue weighted by atomic mass is 10.0. The second kappa shape index (κ2) is 9.26. The molecule has 11 heteroatoms. The molecule has 178 valence electrons. The minimum Gasteiger partial charge on any atom is -0.395 e. The zero-order valence-corrected chi connectivity index (χ0v) is 18.2. The van der Waals surface area contributed by atoms with Crippen LogP contribution >= 0.6 is 0 Å². The van der Waals surface area contributed by atoms with E-state index in [1.165, 1.54) is 29.4 Å². The van der Waals surface area contributed by atoms with Crippen molar-refractivity contribution in [1.82, 2.24) is 14.8 Å². The van der Waals surface area contributed by atoms with E-state index in [2.05, 4.69) is 15.4 Å². The van der Waals surface area contributed by atoms with E-state index in [9.17, 15) is 22.8 Å². The van der Waals surface area contributed by atoms with Crippen molar-refractivity contribution in [3.8, 4) is 0 Å². The fraction of sp³-hybridized carbons (Fsp3) is 0.304. The third-order valence-corrected chi connectivity index (χ3v) is 5.55. The second-order valence-electron chi connectivity index (χ2n) is 7.92. The van der Waals surface area contributed by atoms with Crippen LogP contribution in [0.1, 0.15) is 44.9 Å². The van der Waals surface area contributed by atoms with Gasteiger partial charge in [-0.1, -0.05) is 0 Å². The molecule has 2 aromatic heterocycles. The highest BCUT2D eigenvalue weighted by atomic mass is 19.4. The van der Waals surface area contributed by atoms with Gasteiger partial charge in [-0.3, -0.25) is 14.3 Å². The average molecular weight is 473 g/mol. The summed E-state index contributed by atoms with van der Waals surface area (Å²) in [5.41, 5.74) is 0.479. The quantitative estimate of drug-likeness (QED) is 0.511. The van der Waals surface area contributed by atoms with E-state index in [1.807, 2.05) is 6.92 Å². The largest absolute Gasteiger partial charge is 0.416 e. The van der Waals surface area contributed by atoms with Gasteiger partial charge in [0.1, 0.15) is 11.5 Å². The first-order valence-corrected chi connectivity index (χ1v) is 10.6. The van der Waals surface area contributed by atoms with Gasteiger partial charge in [-0.15, -0.1) is 0 Å². The highest BCUT2D eigenvalue weighted by Gasteiger charge is 2.35. The Balaban J connectivity index is 1.61. The molecule has 1 aromatic carbocycles. The predicted molar refractivity (Wildman–Crippen MR) is 118 cm³/mol. The fourth-order valence-corrected chi connectivity index (χ4v) is 3.92. The highest BCUT2D eigenvalue weighted by Crippen LogP contribution is 2.33. The normalized spacial score (nSPS) is 15.9. The SMILES string of the molecule is C[C@H]1CN(c2ccc(C(F)(F)F)cc2)C(=O)c2c(CC(=O)c3cccnc3NCCO)cnn21. The molecule has 1 atom stereocenters. The van der Waals surface area contributed by atoms with Crippen LogP contribution in [0.2, 0.25) is 0 Å². The van der Waals surface area contributed by atoms with E-state index in [1.54, 1.807) is 16.8 Å². The maximum atomic E-state index is 13.3. The van der Waals surface area contributed by atoms with Crippen LogP contribution < -0.4 is 10.2 Å². The summed E-state index contributed by atoms with van der Waals surface area (Å²) in [5, 5.41) is 16.2. The monoisotopic (exact) mass is 473 g/mol. The summed E-state index contributed by atoms with van der Waals surface area (Å²) in [6.07, 6.45) is -1.60. The number of alkyl halides is 3. The van der Waals surface area contributed by atoms with E-state index >= 15 is 0 Å². The van der Waals surface area contributed by atoms with E-state index in [0.717, 1.165) is 12.1 Å². The summed E-state index contributed by atoms with van der Waals surface area (Å²) in [6, 6.07) is 7.37. The van der Waals surface area contributed by atoms with Crippen LogP contribution in [0.15, 0.2) is 48.8 Å². The van der Waals surface area contributed by atoms with Gasteiger partial charge in [-0.25, -0.2) is 4.98 Å². The van der Waals surface area contributed by atoms with Crippen molar-refractivity contribution in [1.29, 1.82) is 0 Å². The number of carbonyl (C=O) groups excluding carboxylic acids is 2. The number of nitrogens with zero attached hydrogens (tertiary/aromatic N) is 4. The summed E-state index contributed by atoms with van der Waals surface area (Å²) in [4.78, 5) is 31.9. The van der Waals surface area contributed by atoms with Gasteiger partial charge >= 0.3 is 6.18 Å². The van der Waals surface area contributed by atoms with Gasteiger partial charge in [0.2, 0.25) is 0 Å². The molecule has 0 aliphatic carbocycles. The molecule has 0 radical (unpaired) electrons. The minimum absolute atomic E-state index is 0.117. The third-order valence-electron chi connectivity index (χ3n) is 5.55. The van der Waals surface area contributed by atoms with E-state index in [0.29, 0.717) is 22.6 Å². The van der Waals surface area contributed by atoms with Crippen molar-refractivity contribution >= 4 is 23.2 Å².